The lowest BCUT2D eigenvalue weighted by Gasteiger charge is -2.20. The molecule has 166 valence electrons. The molecule has 0 fully saturated rings. The maximum atomic E-state index is 11.4. The summed E-state index contributed by atoms with van der Waals surface area (Å²) in [5.74, 6) is 1.81. The van der Waals surface area contributed by atoms with Crippen LogP contribution in [0.15, 0.2) is 72.1 Å². The van der Waals surface area contributed by atoms with Gasteiger partial charge in [-0.15, -0.1) is 10.2 Å². The molecule has 0 amide bonds. The van der Waals surface area contributed by atoms with E-state index >= 15 is 0 Å². The molecule has 0 atom stereocenters. The van der Waals surface area contributed by atoms with Crippen LogP contribution in [-0.4, -0.2) is 31.5 Å². The molecule has 5 rings (SSSR count). The lowest BCUT2D eigenvalue weighted by molar-refractivity contribution is -0.385. The minimum Gasteiger partial charge on any atom is -0.467 e. The first-order valence-electron chi connectivity index (χ1n) is 10.2. The highest BCUT2D eigenvalue weighted by atomic mass is 32.2. The molecule has 1 aliphatic rings. The van der Waals surface area contributed by atoms with Crippen LogP contribution in [0.1, 0.15) is 16.7 Å². The number of nitro benzene ring substituents is 1. The molecule has 0 N–H and O–H groups in total. The van der Waals surface area contributed by atoms with Crippen LogP contribution in [0.2, 0.25) is 0 Å². The number of pyridine rings is 1. The van der Waals surface area contributed by atoms with Crippen LogP contribution in [0.5, 0.6) is 5.75 Å². The van der Waals surface area contributed by atoms with Crippen LogP contribution in [0.4, 0.5) is 5.69 Å². The average molecular weight is 462 g/mol. The lowest BCUT2D eigenvalue weighted by atomic mass is 10.1. The van der Waals surface area contributed by atoms with Crippen molar-refractivity contribution in [2.75, 3.05) is 6.79 Å². The molecule has 0 bridgehead atoms. The summed E-state index contributed by atoms with van der Waals surface area (Å²) in [7, 11) is 0. The fourth-order valence-electron chi connectivity index (χ4n) is 3.65. The number of nitro groups is 1. The summed E-state index contributed by atoms with van der Waals surface area (Å²) in [5, 5.41) is 21.0. The van der Waals surface area contributed by atoms with Gasteiger partial charge in [0.2, 0.25) is 0 Å². The van der Waals surface area contributed by atoms with Crippen LogP contribution in [0.3, 0.4) is 0 Å². The predicted octanol–water partition coefficient (Wildman–Crippen LogP) is 4.46. The van der Waals surface area contributed by atoms with E-state index in [1.807, 2.05) is 34.9 Å². The van der Waals surface area contributed by atoms with Gasteiger partial charge in [-0.1, -0.05) is 42.1 Å². The number of hydrogen-bond donors (Lipinski definition) is 0. The van der Waals surface area contributed by atoms with E-state index in [9.17, 15) is 10.1 Å². The van der Waals surface area contributed by atoms with Crippen molar-refractivity contribution in [3.63, 3.8) is 0 Å². The zero-order chi connectivity index (χ0) is 22.6. The molecule has 4 aromatic rings. The highest BCUT2D eigenvalue weighted by Crippen LogP contribution is 2.36. The minimum atomic E-state index is -0.400. The molecule has 33 heavy (non-hydrogen) atoms. The summed E-state index contributed by atoms with van der Waals surface area (Å²) >= 11 is 1.46. The normalized spacial score (nSPS) is 12.7. The topological polar surface area (TPSA) is 105 Å². The van der Waals surface area contributed by atoms with Crippen molar-refractivity contribution >= 4 is 17.4 Å². The zero-order valence-corrected chi connectivity index (χ0v) is 18.3. The Bertz CT molecular complexity index is 1280. The van der Waals surface area contributed by atoms with Gasteiger partial charge in [-0.05, 0) is 17.7 Å². The van der Waals surface area contributed by atoms with E-state index in [1.54, 1.807) is 18.5 Å². The van der Waals surface area contributed by atoms with Crippen molar-refractivity contribution in [2.24, 2.45) is 0 Å². The van der Waals surface area contributed by atoms with E-state index in [4.69, 9.17) is 9.47 Å². The van der Waals surface area contributed by atoms with E-state index in [0.29, 0.717) is 28.8 Å². The van der Waals surface area contributed by atoms with E-state index < -0.39 is 4.92 Å². The van der Waals surface area contributed by atoms with Gasteiger partial charge in [-0.3, -0.25) is 19.7 Å². The minimum absolute atomic E-state index is 0.0154. The van der Waals surface area contributed by atoms with Crippen molar-refractivity contribution < 1.29 is 14.4 Å². The van der Waals surface area contributed by atoms with Crippen LogP contribution < -0.4 is 4.74 Å². The molecule has 9 nitrogen and oxygen atoms in total. The Hall–Kier alpha value is -3.76. The molecule has 0 saturated carbocycles. The Balaban J connectivity index is 1.48. The summed E-state index contributed by atoms with van der Waals surface area (Å²) < 4.78 is 13.0. The molecule has 0 aliphatic carbocycles. The largest absolute Gasteiger partial charge is 0.467 e. The first-order valence-corrected chi connectivity index (χ1v) is 11.2. The summed E-state index contributed by atoms with van der Waals surface area (Å²) in [6.07, 6.45) is 3.44. The van der Waals surface area contributed by atoms with Gasteiger partial charge in [0, 0.05) is 47.0 Å². The Morgan fingerprint density at radius 1 is 1.09 bits per heavy atom. The molecule has 0 unspecified atom stereocenters. The number of non-ortho nitro benzene ring substituents is 1. The Morgan fingerprint density at radius 3 is 2.70 bits per heavy atom. The van der Waals surface area contributed by atoms with Crippen molar-refractivity contribution in [3.05, 3.63) is 93.8 Å². The van der Waals surface area contributed by atoms with Gasteiger partial charge in [0.1, 0.15) is 5.75 Å². The van der Waals surface area contributed by atoms with Gasteiger partial charge in [-0.2, -0.15) is 0 Å². The Morgan fingerprint density at radius 2 is 1.91 bits per heavy atom. The summed E-state index contributed by atoms with van der Waals surface area (Å²) in [4.78, 5) is 15.1. The van der Waals surface area contributed by atoms with Crippen LogP contribution in [0.25, 0.3) is 11.4 Å². The second-order valence-electron chi connectivity index (χ2n) is 7.36. The smallest absolute Gasteiger partial charge is 0.270 e. The number of ether oxygens (including phenoxy) is 2. The number of rotatable bonds is 7. The summed E-state index contributed by atoms with van der Waals surface area (Å²) in [6.45, 7) is 0.995. The van der Waals surface area contributed by atoms with Crippen molar-refractivity contribution in [1.29, 1.82) is 0 Å². The van der Waals surface area contributed by atoms with Crippen molar-refractivity contribution in [2.45, 2.75) is 24.1 Å². The van der Waals surface area contributed by atoms with Gasteiger partial charge in [0.05, 0.1) is 18.1 Å². The van der Waals surface area contributed by atoms with E-state index in [0.717, 1.165) is 22.5 Å². The predicted molar refractivity (Wildman–Crippen MR) is 122 cm³/mol. The summed E-state index contributed by atoms with van der Waals surface area (Å²) in [6, 6.07) is 16.9. The van der Waals surface area contributed by atoms with Gasteiger partial charge >= 0.3 is 0 Å². The highest BCUT2D eigenvalue weighted by Gasteiger charge is 2.22. The molecule has 0 saturated heterocycles. The number of nitrogens with zero attached hydrogens (tertiary/aromatic N) is 5. The van der Waals surface area contributed by atoms with Gasteiger partial charge in [-0.25, -0.2) is 0 Å². The molecule has 10 heteroatoms. The third-order valence-corrected chi connectivity index (χ3v) is 6.19. The third kappa shape index (κ3) is 4.57. The number of hydrogen-bond acceptors (Lipinski definition) is 8. The van der Waals surface area contributed by atoms with E-state index in [2.05, 4.69) is 27.3 Å². The third-order valence-electron chi connectivity index (χ3n) is 5.18. The molecule has 3 heterocycles. The molecule has 2 aromatic carbocycles. The van der Waals surface area contributed by atoms with Crippen LogP contribution >= 0.6 is 11.8 Å². The Kier molecular flexibility index (Phi) is 6.01. The maximum absolute atomic E-state index is 11.4. The van der Waals surface area contributed by atoms with Crippen LogP contribution in [0, 0.1) is 10.1 Å². The second-order valence-corrected chi connectivity index (χ2v) is 8.31. The first-order chi connectivity index (χ1) is 16.2. The van der Waals surface area contributed by atoms with E-state index in [1.165, 1.54) is 17.8 Å². The fourth-order valence-corrected chi connectivity index (χ4v) is 4.56. The number of thioether (sulfide) groups is 1. The number of fused-ring (bicyclic) bond motifs is 1. The van der Waals surface area contributed by atoms with Crippen LogP contribution in [-0.2, 0) is 23.6 Å². The average Bonchev–Trinajstić information content (AvgIpc) is 3.25. The Labute approximate surface area is 193 Å². The second kappa shape index (κ2) is 9.39. The molecular formula is C23H19N5O4S. The summed E-state index contributed by atoms with van der Waals surface area (Å²) in [5.41, 5.74) is 3.44. The van der Waals surface area contributed by atoms with Gasteiger partial charge in [0.25, 0.3) is 5.69 Å². The monoisotopic (exact) mass is 461 g/mol. The number of aromatic nitrogens is 4. The SMILES string of the molecule is O=[N+]([O-])c1cc2c(c(CSc3nnc(-c4ccncc4)n3Cc3ccccc3)c1)OCOC2. The maximum Gasteiger partial charge on any atom is 0.270 e. The number of benzene rings is 2. The molecule has 0 spiro atoms. The van der Waals surface area contributed by atoms with Gasteiger partial charge < -0.3 is 9.47 Å². The van der Waals surface area contributed by atoms with Gasteiger partial charge in [0.15, 0.2) is 17.8 Å². The lowest BCUT2D eigenvalue weighted by Crippen LogP contribution is -2.13. The van der Waals surface area contributed by atoms with Crippen molar-refractivity contribution in [3.8, 4) is 17.1 Å². The molecule has 1 aliphatic heterocycles. The van der Waals surface area contributed by atoms with Crippen molar-refractivity contribution in [1.82, 2.24) is 19.7 Å². The first kappa shape index (κ1) is 21.1. The molecule has 0 radical (unpaired) electrons. The highest BCUT2D eigenvalue weighted by molar-refractivity contribution is 7.98. The zero-order valence-electron chi connectivity index (χ0n) is 17.5. The van der Waals surface area contributed by atoms with E-state index in [-0.39, 0.29) is 19.1 Å². The standard InChI is InChI=1S/C23H19N5O4S/c29-28(30)20-10-18-13-31-15-32-21(18)19(11-20)14-33-23-26-25-22(17-6-8-24-9-7-17)27(23)12-16-4-2-1-3-5-16/h1-11H,12-15H2. The quantitative estimate of drug-likeness (QED) is 0.226. The fraction of sp³-hybridized carbons (Fsp3) is 0.174. The molecule has 2 aromatic heterocycles. The molecular weight excluding hydrogens is 442 g/mol.